The minimum atomic E-state index is -3.83. The van der Waals surface area contributed by atoms with Crippen LogP contribution >= 0.6 is 23.2 Å². The van der Waals surface area contributed by atoms with E-state index in [1.165, 1.54) is 41.1 Å². The molecule has 0 radical (unpaired) electrons. The van der Waals surface area contributed by atoms with Crippen LogP contribution in [0.2, 0.25) is 0 Å². The molecule has 1 atom stereocenters. The highest BCUT2D eigenvalue weighted by atomic mass is 35.5. The van der Waals surface area contributed by atoms with Crippen LogP contribution in [0.25, 0.3) is 11.1 Å². The lowest BCUT2D eigenvalue weighted by molar-refractivity contribution is -0.0964. The molecule has 178 valence electrons. The van der Waals surface area contributed by atoms with E-state index in [2.05, 4.69) is 15.0 Å². The number of alkyl halides is 4. The molecule has 1 aliphatic rings. The first-order valence-electron chi connectivity index (χ1n) is 10.3. The molecule has 3 aromatic rings. The summed E-state index contributed by atoms with van der Waals surface area (Å²) < 4.78 is 31.2. The zero-order valence-electron chi connectivity index (χ0n) is 18.0. The second-order valence-corrected chi connectivity index (χ2v) is 8.88. The molecule has 7 nitrogen and oxygen atoms in total. The number of halogens is 4. The van der Waals surface area contributed by atoms with Crippen molar-refractivity contribution in [1.29, 1.82) is 0 Å². The first kappa shape index (κ1) is 24.0. The molecule has 34 heavy (non-hydrogen) atoms. The van der Waals surface area contributed by atoms with Crippen LogP contribution in [-0.4, -0.2) is 39.5 Å². The highest BCUT2D eigenvalue weighted by Crippen LogP contribution is 2.32. The van der Waals surface area contributed by atoms with Crippen LogP contribution in [-0.2, 0) is 7.05 Å². The molecule has 0 spiro atoms. The van der Waals surface area contributed by atoms with Crippen molar-refractivity contribution < 1.29 is 18.3 Å². The summed E-state index contributed by atoms with van der Waals surface area (Å²) in [7, 11) is 1.65. The third-order valence-electron chi connectivity index (χ3n) is 5.32. The van der Waals surface area contributed by atoms with Crippen LogP contribution in [0.5, 0.6) is 5.75 Å². The van der Waals surface area contributed by atoms with Crippen LogP contribution in [0.3, 0.4) is 0 Å². The number of rotatable bonds is 6. The average Bonchev–Trinajstić information content (AvgIpc) is 3.21. The van der Waals surface area contributed by atoms with Gasteiger partial charge >= 0.3 is 5.57 Å². The van der Waals surface area contributed by atoms with Gasteiger partial charge in [-0.05, 0) is 48.4 Å². The zero-order valence-corrected chi connectivity index (χ0v) is 19.5. The Bertz CT molecular complexity index is 1260. The Morgan fingerprint density at radius 2 is 1.97 bits per heavy atom. The van der Waals surface area contributed by atoms with Gasteiger partial charge in [0, 0.05) is 61.4 Å². The maximum atomic E-state index is 12.9. The number of ether oxygens (including phenoxy) is 1. The fraction of sp³-hybridized carbons (Fsp3) is 0.261. The van der Waals surface area contributed by atoms with Gasteiger partial charge in [-0.15, -0.1) is 20.4 Å². The Balaban J connectivity index is 1.62. The maximum Gasteiger partial charge on any atom is 0.487 e. The highest BCUT2D eigenvalue weighted by molar-refractivity contribution is 6.21. The number of benzene rings is 1. The van der Waals surface area contributed by atoms with Crippen LogP contribution in [0, 0.1) is 0 Å². The highest BCUT2D eigenvalue weighted by Gasteiger charge is 2.28. The monoisotopic (exact) mass is 508 g/mol. The molecule has 4 rings (SSSR count). The molecule has 1 saturated heterocycles. The van der Waals surface area contributed by atoms with E-state index in [-0.39, 0.29) is 22.2 Å². The summed E-state index contributed by atoms with van der Waals surface area (Å²) in [4.78, 5) is 31.7. The molecule has 1 fully saturated rings. The number of anilines is 2. The summed E-state index contributed by atoms with van der Waals surface area (Å²) in [6, 6.07) is 10.3. The van der Waals surface area contributed by atoms with Crippen molar-refractivity contribution >= 4 is 40.6 Å². The predicted octanol–water partition coefficient (Wildman–Crippen LogP) is 4.69. The molecular weight excluding hydrogens is 489 g/mol. The molecule has 3 heterocycles. The number of hydrogen-bond acceptors (Lipinski definition) is 5. The number of hydrogen-bond donors (Lipinski definition) is 1. The Morgan fingerprint density at radius 1 is 1.24 bits per heavy atom. The number of nitrogens with one attached hydrogen (secondary N) is 1. The first-order chi connectivity index (χ1) is 16.1. The van der Waals surface area contributed by atoms with E-state index >= 15 is 0 Å². The summed E-state index contributed by atoms with van der Waals surface area (Å²) in [6.07, 6.45) is 3.90. The van der Waals surface area contributed by atoms with Crippen LogP contribution in [0.15, 0.2) is 59.7 Å². The van der Waals surface area contributed by atoms with E-state index in [0.29, 0.717) is 35.7 Å². The van der Waals surface area contributed by atoms with E-state index in [9.17, 15) is 18.4 Å². The molecule has 2 aromatic heterocycles. The molecule has 1 amide bonds. The molecule has 0 aliphatic carbocycles. The summed E-state index contributed by atoms with van der Waals surface area (Å²) in [5.41, 5.74) is -2.15. The minimum Gasteiger partial charge on any atom is -0.420 e. The molecule has 1 aliphatic heterocycles. The molecule has 0 unspecified atom stereocenters. The van der Waals surface area contributed by atoms with E-state index < -0.39 is 11.5 Å². The van der Waals surface area contributed by atoms with E-state index in [1.807, 2.05) is 4.90 Å². The fourth-order valence-corrected chi connectivity index (χ4v) is 3.97. The normalized spacial score (nSPS) is 15.9. The maximum absolute atomic E-state index is 12.9. The summed E-state index contributed by atoms with van der Waals surface area (Å²) in [6.45, 7) is 1.31. The smallest absolute Gasteiger partial charge is 0.420 e. The Morgan fingerprint density at radius 3 is 2.59 bits per heavy atom. The van der Waals surface area contributed by atoms with Crippen molar-refractivity contribution in [3.63, 3.8) is 0 Å². The van der Waals surface area contributed by atoms with Crippen LogP contribution in [0.1, 0.15) is 16.8 Å². The predicted molar refractivity (Wildman–Crippen MR) is 127 cm³/mol. The number of carbonyl (C=O) groups is 1. The Hall–Kier alpha value is -3.17. The van der Waals surface area contributed by atoms with Gasteiger partial charge in [0.2, 0.25) is 0 Å². The summed E-state index contributed by atoms with van der Waals surface area (Å²) in [5, 5.41) is 2.68. The molecule has 1 N–H and O–H groups in total. The Kier molecular flexibility index (Phi) is 6.77. The molecule has 1 aromatic carbocycles. The average molecular weight is 509 g/mol. The quantitative estimate of drug-likeness (QED) is 0.489. The number of amides is 1. The second-order valence-electron chi connectivity index (χ2n) is 7.82. The van der Waals surface area contributed by atoms with Crippen molar-refractivity contribution in [2.45, 2.75) is 17.4 Å². The summed E-state index contributed by atoms with van der Waals surface area (Å²) in [5.74, 6) is 0.0220. The van der Waals surface area contributed by atoms with Crippen molar-refractivity contribution in [2.75, 3.05) is 23.3 Å². The lowest BCUT2D eigenvalue weighted by Gasteiger charge is -2.21. The standard InChI is InChI=1S/C23H20Cl2F2N4O3/c1-30-8-6-14(11-20(30)32)19-10-15(12-28-21(19)31-9-7-16(24)13-31)22(33)29-17-2-4-18(5-3-17)34-23(25,26)27/h2-6,8,10-12,16H,7,9,13H2,1H3,(H,29,33)/t16-/m1/s1. The van der Waals surface area contributed by atoms with Gasteiger partial charge in [-0.1, -0.05) is 0 Å². The van der Waals surface area contributed by atoms with Gasteiger partial charge in [-0.2, -0.15) is 0 Å². The summed E-state index contributed by atoms with van der Waals surface area (Å²) >= 11 is 11.0. The number of nitrogens with zero attached hydrogens (tertiary/aromatic N) is 3. The first-order valence-corrected chi connectivity index (χ1v) is 11.1. The number of carbonyl (C=O) groups excluding carboxylic acids is 1. The molecular formula is C23H20Cl2F2N4O3. The second kappa shape index (κ2) is 9.60. The Labute approximate surface area is 203 Å². The largest absolute Gasteiger partial charge is 0.487 e. The van der Waals surface area contributed by atoms with Crippen molar-refractivity contribution in [3.8, 4) is 16.9 Å². The number of aromatic nitrogens is 2. The van der Waals surface area contributed by atoms with Gasteiger partial charge in [0.05, 0.1) is 10.9 Å². The van der Waals surface area contributed by atoms with E-state index in [1.54, 1.807) is 25.4 Å². The van der Waals surface area contributed by atoms with Crippen molar-refractivity contribution in [2.24, 2.45) is 7.05 Å². The van der Waals surface area contributed by atoms with Crippen LogP contribution < -0.4 is 20.5 Å². The van der Waals surface area contributed by atoms with Gasteiger partial charge in [0.25, 0.3) is 11.5 Å². The third kappa shape index (κ3) is 5.66. The van der Waals surface area contributed by atoms with Gasteiger partial charge < -0.3 is 19.5 Å². The zero-order chi connectivity index (χ0) is 24.5. The van der Waals surface area contributed by atoms with E-state index in [0.717, 1.165) is 6.42 Å². The molecule has 0 saturated carbocycles. The van der Waals surface area contributed by atoms with E-state index in [4.69, 9.17) is 23.2 Å². The lowest BCUT2D eigenvalue weighted by Crippen LogP contribution is -2.23. The van der Waals surface area contributed by atoms with Gasteiger partial charge in [-0.25, -0.2) is 4.98 Å². The molecule has 11 heteroatoms. The SMILES string of the molecule is Cn1ccc(-c2cc(C(=O)Nc3ccc(OC(F)(F)Cl)cc3)cnc2N2CC[C@@H](Cl)C2)cc1=O. The van der Waals surface area contributed by atoms with Gasteiger partial charge in [0.1, 0.15) is 11.6 Å². The van der Waals surface area contributed by atoms with Gasteiger partial charge in [-0.3, -0.25) is 9.59 Å². The van der Waals surface area contributed by atoms with Crippen molar-refractivity contribution in [1.82, 2.24) is 9.55 Å². The fourth-order valence-electron chi connectivity index (χ4n) is 3.62. The minimum absolute atomic E-state index is 0.00743. The number of pyridine rings is 2. The third-order valence-corrected chi connectivity index (χ3v) is 5.75. The van der Waals surface area contributed by atoms with Crippen molar-refractivity contribution in [3.05, 3.63) is 70.8 Å². The molecule has 0 bridgehead atoms. The number of aryl methyl sites for hydroxylation is 1. The topological polar surface area (TPSA) is 76.5 Å². The lowest BCUT2D eigenvalue weighted by atomic mass is 10.0. The van der Waals surface area contributed by atoms with Gasteiger partial charge in [0.15, 0.2) is 0 Å². The van der Waals surface area contributed by atoms with Crippen LogP contribution in [0.4, 0.5) is 20.3 Å².